The molecule has 0 aliphatic carbocycles. The second-order valence-electron chi connectivity index (χ2n) is 9.41. The van der Waals surface area contributed by atoms with Crippen molar-refractivity contribution < 1.29 is 9.72 Å². The van der Waals surface area contributed by atoms with Crippen molar-refractivity contribution in [2.45, 2.75) is 38.6 Å². The lowest BCUT2D eigenvalue weighted by Gasteiger charge is -2.21. The average molecular weight is 468 g/mol. The average Bonchev–Trinajstić information content (AvgIpc) is 3.52. The minimum Gasteiger partial charge on any atom is -0.343 e. The quantitative estimate of drug-likeness (QED) is 0.245. The van der Waals surface area contributed by atoms with Crippen molar-refractivity contribution in [3.05, 3.63) is 111 Å². The minimum absolute atomic E-state index is 0.0599. The molecule has 6 heteroatoms. The Morgan fingerprint density at radius 2 is 1.71 bits per heavy atom. The number of benzene rings is 3. The van der Waals surface area contributed by atoms with Crippen molar-refractivity contribution in [3.8, 4) is 0 Å². The number of hydrogen-bond donors (Lipinski definition) is 0. The third-order valence-corrected chi connectivity index (χ3v) is 6.99. The van der Waals surface area contributed by atoms with E-state index in [0.717, 1.165) is 59.1 Å². The number of rotatable bonds is 7. The van der Waals surface area contributed by atoms with Gasteiger partial charge in [-0.1, -0.05) is 60.2 Å². The molecule has 4 aromatic rings. The first kappa shape index (κ1) is 22.8. The van der Waals surface area contributed by atoms with Crippen LogP contribution in [0.1, 0.15) is 47.4 Å². The number of aromatic nitrogens is 1. The normalized spacial score (nSPS) is 14.4. The molecule has 5 rings (SSSR count). The molecule has 1 saturated heterocycles. The van der Waals surface area contributed by atoms with Gasteiger partial charge in [0.1, 0.15) is 0 Å². The molecule has 3 aromatic carbocycles. The second-order valence-corrected chi connectivity index (χ2v) is 9.41. The molecule has 1 aromatic heterocycles. The van der Waals surface area contributed by atoms with E-state index in [-0.39, 0.29) is 22.4 Å². The van der Waals surface area contributed by atoms with E-state index in [9.17, 15) is 14.9 Å². The van der Waals surface area contributed by atoms with Crippen LogP contribution in [0, 0.1) is 17.0 Å². The summed E-state index contributed by atoms with van der Waals surface area (Å²) in [5, 5.41) is 12.4. The fraction of sp³-hybridized carbons (Fsp3) is 0.276. The summed E-state index contributed by atoms with van der Waals surface area (Å²) in [5.41, 5.74) is 5.30. The summed E-state index contributed by atoms with van der Waals surface area (Å²) in [4.78, 5) is 26.5. The summed E-state index contributed by atoms with van der Waals surface area (Å²) < 4.78 is 2.14. The van der Waals surface area contributed by atoms with Gasteiger partial charge < -0.3 is 9.47 Å². The number of carbonyl (C=O) groups is 1. The van der Waals surface area contributed by atoms with Crippen LogP contribution < -0.4 is 0 Å². The monoisotopic (exact) mass is 467 g/mol. The van der Waals surface area contributed by atoms with Crippen molar-refractivity contribution in [1.29, 1.82) is 0 Å². The standard InChI is InChI=1S/C29H29N3O3/c1-21-9-11-23(12-10-21)25(18-29(33)30-15-5-6-16-30)27-20-31(19-22-7-3-2-4-8-22)28-14-13-24(32(34)35)17-26(27)28/h2-4,7-14,17,20,25H,5-6,15-16,18-19H2,1H3. The lowest BCUT2D eigenvalue weighted by Crippen LogP contribution is -2.29. The fourth-order valence-electron chi connectivity index (χ4n) is 5.09. The van der Waals surface area contributed by atoms with Crippen LogP contribution >= 0.6 is 0 Å². The highest BCUT2D eigenvalue weighted by Crippen LogP contribution is 2.37. The van der Waals surface area contributed by atoms with Gasteiger partial charge in [0.05, 0.1) is 4.92 Å². The van der Waals surface area contributed by atoms with Gasteiger partial charge in [-0.05, 0) is 42.5 Å². The van der Waals surface area contributed by atoms with Crippen molar-refractivity contribution in [2.75, 3.05) is 13.1 Å². The highest BCUT2D eigenvalue weighted by Gasteiger charge is 2.27. The molecule has 1 aliphatic rings. The minimum atomic E-state index is -0.353. The summed E-state index contributed by atoms with van der Waals surface area (Å²) in [6.07, 6.45) is 4.52. The zero-order valence-electron chi connectivity index (χ0n) is 19.9. The Labute approximate surface area is 204 Å². The van der Waals surface area contributed by atoms with E-state index < -0.39 is 0 Å². The van der Waals surface area contributed by atoms with Gasteiger partial charge in [-0.25, -0.2) is 0 Å². The number of hydrogen-bond acceptors (Lipinski definition) is 3. The molecule has 0 bridgehead atoms. The first-order chi connectivity index (χ1) is 17.0. The van der Waals surface area contributed by atoms with Crippen molar-refractivity contribution in [3.63, 3.8) is 0 Å². The molecular weight excluding hydrogens is 438 g/mol. The summed E-state index contributed by atoms with van der Waals surface area (Å²) in [6.45, 7) is 4.31. The van der Waals surface area contributed by atoms with Crippen LogP contribution in [0.5, 0.6) is 0 Å². The van der Waals surface area contributed by atoms with Crippen LogP contribution in [0.3, 0.4) is 0 Å². The zero-order valence-corrected chi connectivity index (χ0v) is 19.9. The molecule has 6 nitrogen and oxygen atoms in total. The van der Waals surface area contributed by atoms with Crippen LogP contribution in [0.15, 0.2) is 79.0 Å². The predicted octanol–water partition coefficient (Wildman–Crippen LogP) is 6.05. The number of nitrogens with zero attached hydrogens (tertiary/aromatic N) is 3. The Balaban J connectivity index is 1.64. The maximum absolute atomic E-state index is 13.3. The van der Waals surface area contributed by atoms with Crippen LogP contribution in [-0.2, 0) is 11.3 Å². The third-order valence-electron chi connectivity index (χ3n) is 6.99. The molecule has 0 spiro atoms. The van der Waals surface area contributed by atoms with E-state index in [1.54, 1.807) is 12.1 Å². The Kier molecular flexibility index (Phi) is 6.36. The predicted molar refractivity (Wildman–Crippen MR) is 138 cm³/mol. The summed E-state index contributed by atoms with van der Waals surface area (Å²) in [5.74, 6) is -0.0484. The zero-order chi connectivity index (χ0) is 24.4. The number of amides is 1. The van der Waals surface area contributed by atoms with E-state index in [0.29, 0.717) is 13.0 Å². The molecule has 178 valence electrons. The highest BCUT2D eigenvalue weighted by atomic mass is 16.6. The molecule has 1 unspecified atom stereocenters. The topological polar surface area (TPSA) is 68.4 Å². The number of carbonyl (C=O) groups excluding carboxylic acids is 1. The van der Waals surface area contributed by atoms with Gasteiger partial charge in [0.2, 0.25) is 5.91 Å². The molecule has 0 saturated carbocycles. The van der Waals surface area contributed by atoms with Gasteiger partial charge in [-0.15, -0.1) is 0 Å². The molecule has 35 heavy (non-hydrogen) atoms. The molecule has 0 radical (unpaired) electrons. The van der Waals surface area contributed by atoms with E-state index in [1.807, 2.05) is 36.1 Å². The van der Waals surface area contributed by atoms with Crippen LogP contribution in [0.25, 0.3) is 10.9 Å². The molecule has 1 fully saturated rings. The van der Waals surface area contributed by atoms with Crippen LogP contribution in [0.2, 0.25) is 0 Å². The maximum atomic E-state index is 13.3. The molecule has 1 amide bonds. The van der Waals surface area contributed by atoms with Crippen LogP contribution in [0.4, 0.5) is 5.69 Å². The maximum Gasteiger partial charge on any atom is 0.270 e. The number of nitro benzene ring substituents is 1. The number of non-ortho nitro benzene ring substituents is 1. The molecular formula is C29H29N3O3. The van der Waals surface area contributed by atoms with Gasteiger partial charge in [0, 0.05) is 61.2 Å². The summed E-state index contributed by atoms with van der Waals surface area (Å²) in [7, 11) is 0. The number of fused-ring (bicyclic) bond motifs is 1. The second kappa shape index (κ2) is 9.74. The van der Waals surface area contributed by atoms with Gasteiger partial charge in [-0.2, -0.15) is 0 Å². The van der Waals surface area contributed by atoms with E-state index in [1.165, 1.54) is 0 Å². The van der Waals surface area contributed by atoms with E-state index in [2.05, 4.69) is 47.2 Å². The van der Waals surface area contributed by atoms with Crippen molar-refractivity contribution >= 4 is 22.5 Å². The third kappa shape index (κ3) is 4.83. The largest absolute Gasteiger partial charge is 0.343 e. The molecule has 0 N–H and O–H groups in total. The Morgan fingerprint density at radius 1 is 1.00 bits per heavy atom. The molecule has 2 heterocycles. The smallest absolute Gasteiger partial charge is 0.270 e. The Hall–Kier alpha value is -3.93. The molecule has 1 atom stereocenters. The lowest BCUT2D eigenvalue weighted by atomic mass is 9.87. The fourth-order valence-corrected chi connectivity index (χ4v) is 5.09. The van der Waals surface area contributed by atoms with Gasteiger partial charge >= 0.3 is 0 Å². The summed E-state index contributed by atoms with van der Waals surface area (Å²) >= 11 is 0. The summed E-state index contributed by atoms with van der Waals surface area (Å²) in [6, 6.07) is 23.5. The van der Waals surface area contributed by atoms with Gasteiger partial charge in [0.15, 0.2) is 0 Å². The van der Waals surface area contributed by atoms with E-state index in [4.69, 9.17) is 0 Å². The Bertz CT molecular complexity index is 1350. The van der Waals surface area contributed by atoms with Crippen LogP contribution in [-0.4, -0.2) is 33.4 Å². The van der Waals surface area contributed by atoms with Crippen molar-refractivity contribution in [2.24, 2.45) is 0 Å². The molecule has 1 aliphatic heterocycles. The first-order valence-electron chi connectivity index (χ1n) is 12.1. The number of likely N-dealkylation sites (tertiary alicyclic amines) is 1. The first-order valence-corrected chi connectivity index (χ1v) is 12.1. The lowest BCUT2D eigenvalue weighted by molar-refractivity contribution is -0.384. The van der Waals surface area contributed by atoms with Gasteiger partial charge in [0.25, 0.3) is 5.69 Å². The Morgan fingerprint density at radius 3 is 2.40 bits per heavy atom. The van der Waals surface area contributed by atoms with E-state index >= 15 is 0 Å². The number of nitro groups is 1. The van der Waals surface area contributed by atoms with Crippen molar-refractivity contribution in [1.82, 2.24) is 9.47 Å². The number of aryl methyl sites for hydroxylation is 1. The SMILES string of the molecule is Cc1ccc(C(CC(=O)N2CCCC2)c2cn(Cc3ccccc3)c3ccc([N+](=O)[O-])cc23)cc1. The highest BCUT2D eigenvalue weighted by molar-refractivity contribution is 5.88. The van der Waals surface area contributed by atoms with Gasteiger partial charge in [-0.3, -0.25) is 14.9 Å².